The minimum absolute atomic E-state index is 0.136. The normalized spacial score (nSPS) is 12.7. The molecule has 84 valence electrons. The summed E-state index contributed by atoms with van der Waals surface area (Å²) in [5.74, 6) is 0. The number of nitrogens with two attached hydrogens (primary N) is 1. The van der Waals surface area contributed by atoms with Gasteiger partial charge in [0.15, 0.2) is 0 Å². The lowest BCUT2D eigenvalue weighted by Crippen LogP contribution is -2.16. The number of hydrogen-bond acceptors (Lipinski definition) is 4. The summed E-state index contributed by atoms with van der Waals surface area (Å²) in [6, 6.07) is 1.90. The van der Waals surface area contributed by atoms with Crippen LogP contribution in [-0.2, 0) is 13.5 Å². The Balaban J connectivity index is 2.14. The molecule has 0 aliphatic heterocycles. The van der Waals surface area contributed by atoms with Gasteiger partial charge >= 0.3 is 0 Å². The highest BCUT2D eigenvalue weighted by atomic mass is 15.3. The van der Waals surface area contributed by atoms with Crippen LogP contribution in [0, 0.1) is 6.92 Å². The van der Waals surface area contributed by atoms with Crippen molar-refractivity contribution in [3.05, 3.63) is 41.7 Å². The van der Waals surface area contributed by atoms with E-state index in [1.54, 1.807) is 18.6 Å². The molecule has 5 heteroatoms. The second kappa shape index (κ2) is 4.40. The zero-order valence-electron chi connectivity index (χ0n) is 9.46. The van der Waals surface area contributed by atoms with E-state index in [-0.39, 0.29) is 6.04 Å². The molecule has 0 aliphatic rings. The number of aryl methyl sites for hydroxylation is 2. The third-order valence-corrected chi connectivity index (χ3v) is 2.49. The van der Waals surface area contributed by atoms with Gasteiger partial charge in [0.2, 0.25) is 0 Å². The smallest absolute Gasteiger partial charge is 0.0757 e. The molecule has 0 bridgehead atoms. The molecule has 1 atom stereocenters. The Hall–Kier alpha value is -1.75. The third-order valence-electron chi connectivity index (χ3n) is 2.49. The van der Waals surface area contributed by atoms with Crippen molar-refractivity contribution in [2.24, 2.45) is 12.8 Å². The van der Waals surface area contributed by atoms with Gasteiger partial charge in [0.05, 0.1) is 17.4 Å². The molecule has 0 radical (unpaired) electrons. The zero-order valence-corrected chi connectivity index (χ0v) is 9.46. The second-order valence-electron chi connectivity index (χ2n) is 3.84. The van der Waals surface area contributed by atoms with E-state index in [2.05, 4.69) is 15.1 Å². The Morgan fingerprint density at radius 2 is 2.25 bits per heavy atom. The van der Waals surface area contributed by atoms with Crippen molar-refractivity contribution in [1.29, 1.82) is 0 Å². The number of aromatic nitrogens is 4. The highest BCUT2D eigenvalue weighted by Gasteiger charge is 2.11. The molecule has 16 heavy (non-hydrogen) atoms. The highest BCUT2D eigenvalue weighted by molar-refractivity contribution is 5.13. The van der Waals surface area contributed by atoms with E-state index >= 15 is 0 Å². The van der Waals surface area contributed by atoms with Crippen LogP contribution in [0.4, 0.5) is 0 Å². The van der Waals surface area contributed by atoms with Crippen LogP contribution >= 0.6 is 0 Å². The first-order valence-corrected chi connectivity index (χ1v) is 5.18. The van der Waals surface area contributed by atoms with Crippen LogP contribution in [0.25, 0.3) is 0 Å². The quantitative estimate of drug-likeness (QED) is 0.824. The van der Waals surface area contributed by atoms with E-state index < -0.39 is 0 Å². The van der Waals surface area contributed by atoms with Crippen molar-refractivity contribution in [3.63, 3.8) is 0 Å². The maximum absolute atomic E-state index is 6.06. The van der Waals surface area contributed by atoms with E-state index in [9.17, 15) is 0 Å². The van der Waals surface area contributed by atoms with E-state index in [1.807, 2.05) is 24.7 Å². The second-order valence-corrected chi connectivity index (χ2v) is 3.84. The first kappa shape index (κ1) is 10.8. The Morgan fingerprint density at radius 3 is 2.81 bits per heavy atom. The van der Waals surface area contributed by atoms with Gasteiger partial charge in [-0.3, -0.25) is 14.6 Å². The molecule has 0 saturated heterocycles. The molecule has 0 aromatic carbocycles. The van der Waals surface area contributed by atoms with Gasteiger partial charge in [-0.1, -0.05) is 0 Å². The molecule has 0 saturated carbocycles. The SMILES string of the molecule is Cc1cc(CC(N)c2cnccn2)n(C)n1. The van der Waals surface area contributed by atoms with Crippen molar-refractivity contribution in [2.75, 3.05) is 0 Å². The van der Waals surface area contributed by atoms with Crippen LogP contribution in [0.2, 0.25) is 0 Å². The fourth-order valence-electron chi connectivity index (χ4n) is 1.69. The van der Waals surface area contributed by atoms with Gasteiger partial charge in [-0.05, 0) is 13.0 Å². The van der Waals surface area contributed by atoms with Crippen LogP contribution in [0.5, 0.6) is 0 Å². The summed E-state index contributed by atoms with van der Waals surface area (Å²) >= 11 is 0. The van der Waals surface area contributed by atoms with Crippen molar-refractivity contribution >= 4 is 0 Å². The molecule has 2 aromatic heterocycles. The van der Waals surface area contributed by atoms with E-state index in [1.165, 1.54) is 0 Å². The Morgan fingerprint density at radius 1 is 1.44 bits per heavy atom. The average molecular weight is 217 g/mol. The molecular weight excluding hydrogens is 202 g/mol. The summed E-state index contributed by atoms with van der Waals surface area (Å²) in [4.78, 5) is 8.20. The molecule has 2 heterocycles. The first-order chi connectivity index (χ1) is 7.66. The third kappa shape index (κ3) is 2.25. The summed E-state index contributed by atoms with van der Waals surface area (Å²) in [6.07, 6.45) is 5.72. The lowest BCUT2D eigenvalue weighted by atomic mass is 10.1. The van der Waals surface area contributed by atoms with Gasteiger partial charge in [-0.15, -0.1) is 0 Å². The highest BCUT2D eigenvalue weighted by Crippen LogP contribution is 2.13. The maximum atomic E-state index is 6.06. The Bertz CT molecular complexity index is 462. The Kier molecular flexibility index (Phi) is 2.96. The van der Waals surface area contributed by atoms with Gasteiger partial charge in [0, 0.05) is 37.8 Å². The van der Waals surface area contributed by atoms with Crippen LogP contribution in [0.15, 0.2) is 24.7 Å². The summed E-state index contributed by atoms with van der Waals surface area (Å²) in [6.45, 7) is 1.97. The molecular formula is C11H15N5. The fraction of sp³-hybridized carbons (Fsp3) is 0.364. The largest absolute Gasteiger partial charge is 0.322 e. The number of nitrogens with zero attached hydrogens (tertiary/aromatic N) is 4. The van der Waals surface area contributed by atoms with Crippen LogP contribution in [-0.4, -0.2) is 19.7 Å². The molecule has 1 unspecified atom stereocenters. The molecule has 0 aliphatic carbocycles. The molecule has 0 spiro atoms. The monoisotopic (exact) mass is 217 g/mol. The summed E-state index contributed by atoms with van der Waals surface area (Å²) in [5.41, 5.74) is 8.98. The van der Waals surface area contributed by atoms with Crippen molar-refractivity contribution < 1.29 is 0 Å². The molecule has 2 aromatic rings. The van der Waals surface area contributed by atoms with Gasteiger partial charge in [-0.25, -0.2) is 0 Å². The van der Waals surface area contributed by atoms with Gasteiger partial charge in [0.1, 0.15) is 0 Å². The van der Waals surface area contributed by atoms with Gasteiger partial charge in [-0.2, -0.15) is 5.10 Å². The average Bonchev–Trinajstić information content (AvgIpc) is 2.59. The van der Waals surface area contributed by atoms with Crippen molar-refractivity contribution in [1.82, 2.24) is 19.7 Å². The van der Waals surface area contributed by atoms with Crippen LogP contribution < -0.4 is 5.73 Å². The lowest BCUT2D eigenvalue weighted by molar-refractivity contribution is 0.626. The van der Waals surface area contributed by atoms with Crippen LogP contribution in [0.3, 0.4) is 0 Å². The minimum Gasteiger partial charge on any atom is -0.322 e. The number of hydrogen-bond donors (Lipinski definition) is 1. The fourth-order valence-corrected chi connectivity index (χ4v) is 1.69. The molecule has 0 fully saturated rings. The predicted octanol–water partition coefficient (Wildman–Crippen LogP) is 0.761. The first-order valence-electron chi connectivity index (χ1n) is 5.18. The lowest BCUT2D eigenvalue weighted by Gasteiger charge is -2.10. The van der Waals surface area contributed by atoms with E-state index in [4.69, 9.17) is 5.73 Å². The molecule has 0 amide bonds. The van der Waals surface area contributed by atoms with E-state index in [0.717, 1.165) is 23.5 Å². The predicted molar refractivity (Wildman–Crippen MR) is 60.6 cm³/mol. The topological polar surface area (TPSA) is 69.6 Å². The molecule has 2 N–H and O–H groups in total. The van der Waals surface area contributed by atoms with Crippen molar-refractivity contribution in [2.45, 2.75) is 19.4 Å². The van der Waals surface area contributed by atoms with E-state index in [0.29, 0.717) is 0 Å². The standard InChI is InChI=1S/C11H15N5/c1-8-5-9(16(2)15-8)6-10(12)11-7-13-3-4-14-11/h3-5,7,10H,6,12H2,1-2H3. The van der Waals surface area contributed by atoms with Crippen molar-refractivity contribution in [3.8, 4) is 0 Å². The molecule has 2 rings (SSSR count). The zero-order chi connectivity index (χ0) is 11.5. The molecule has 5 nitrogen and oxygen atoms in total. The van der Waals surface area contributed by atoms with Crippen LogP contribution in [0.1, 0.15) is 23.1 Å². The number of rotatable bonds is 3. The summed E-state index contributed by atoms with van der Waals surface area (Å²) in [7, 11) is 1.92. The van der Waals surface area contributed by atoms with Gasteiger partial charge < -0.3 is 5.73 Å². The maximum Gasteiger partial charge on any atom is 0.0757 e. The Labute approximate surface area is 94.3 Å². The minimum atomic E-state index is -0.136. The summed E-state index contributed by atoms with van der Waals surface area (Å²) < 4.78 is 1.85. The van der Waals surface area contributed by atoms with Gasteiger partial charge in [0.25, 0.3) is 0 Å². The summed E-state index contributed by atoms with van der Waals surface area (Å²) in [5, 5.41) is 4.28.